The molecule has 8 heteroatoms. The van der Waals surface area contributed by atoms with E-state index in [2.05, 4.69) is 21.2 Å². The number of benzene rings is 1. The van der Waals surface area contributed by atoms with Gasteiger partial charge in [-0.3, -0.25) is 0 Å². The number of hydrogen-bond donors (Lipinski definition) is 2. The van der Waals surface area contributed by atoms with Gasteiger partial charge in [-0.1, -0.05) is 0 Å². The summed E-state index contributed by atoms with van der Waals surface area (Å²) in [5.74, 6) is -1.59. The minimum absolute atomic E-state index is 0.0160. The van der Waals surface area contributed by atoms with Crippen LogP contribution in [0.5, 0.6) is 0 Å². The molecule has 2 aromatic rings. The van der Waals surface area contributed by atoms with Crippen LogP contribution >= 0.6 is 15.9 Å². The molecule has 0 atom stereocenters. The van der Waals surface area contributed by atoms with E-state index in [1.807, 2.05) is 0 Å². The lowest BCUT2D eigenvalue weighted by molar-refractivity contribution is 0.0526. The first-order valence-corrected chi connectivity index (χ1v) is 8.06. The number of fused-ring (bicyclic) bond motifs is 1. The molecule has 1 aromatic carbocycles. The molecular formula is C16H18BrFN2O4. The van der Waals surface area contributed by atoms with Gasteiger partial charge in [0.1, 0.15) is 17.1 Å². The van der Waals surface area contributed by atoms with E-state index in [0.717, 1.165) is 0 Å². The average Bonchev–Trinajstić information content (AvgIpc) is 2.75. The van der Waals surface area contributed by atoms with Crippen molar-refractivity contribution in [3.8, 4) is 0 Å². The minimum atomic E-state index is -1.13. The first-order valence-electron chi connectivity index (χ1n) is 7.27. The van der Waals surface area contributed by atoms with Crippen molar-refractivity contribution >= 4 is 38.9 Å². The van der Waals surface area contributed by atoms with Gasteiger partial charge in [0, 0.05) is 22.9 Å². The van der Waals surface area contributed by atoms with Gasteiger partial charge in [0.15, 0.2) is 0 Å². The van der Waals surface area contributed by atoms with Gasteiger partial charge in [-0.15, -0.1) is 0 Å². The monoisotopic (exact) mass is 400 g/mol. The van der Waals surface area contributed by atoms with E-state index >= 15 is 0 Å². The number of amides is 1. The summed E-state index contributed by atoms with van der Waals surface area (Å²) in [5.41, 5.74) is -0.0427. The zero-order valence-electron chi connectivity index (χ0n) is 13.5. The molecule has 0 saturated carbocycles. The number of rotatable bonds is 4. The number of halogens is 2. The Labute approximate surface area is 146 Å². The van der Waals surface area contributed by atoms with Crippen LogP contribution in [0.25, 0.3) is 10.9 Å². The standard InChI is InChI=1S/C16H18BrFN2O4/c1-16(2,3)24-15(23)19-4-5-20-12(14(21)22)7-9-6-10(18)8-11(17)13(9)20/h6-8H,4-5H2,1-3H3,(H,19,23)(H,21,22). The third kappa shape index (κ3) is 4.25. The second kappa shape index (κ2) is 6.80. The number of hydrogen-bond acceptors (Lipinski definition) is 3. The number of aromatic carboxylic acids is 1. The third-order valence-corrected chi connectivity index (χ3v) is 3.74. The van der Waals surface area contributed by atoms with Gasteiger partial charge >= 0.3 is 12.1 Å². The molecule has 0 aliphatic heterocycles. The number of carboxylic acids is 1. The number of carbonyl (C=O) groups excluding carboxylic acids is 1. The summed E-state index contributed by atoms with van der Waals surface area (Å²) in [7, 11) is 0. The normalized spacial score (nSPS) is 11.5. The first-order chi connectivity index (χ1) is 11.1. The predicted octanol–water partition coefficient (Wildman–Crippen LogP) is 3.77. The van der Waals surface area contributed by atoms with Crippen LogP contribution in [0.15, 0.2) is 22.7 Å². The molecule has 0 bridgehead atoms. The molecule has 6 nitrogen and oxygen atoms in total. The van der Waals surface area contributed by atoms with E-state index in [0.29, 0.717) is 15.4 Å². The molecule has 0 unspecified atom stereocenters. The Bertz CT molecular complexity index is 795. The fraction of sp³-hybridized carbons (Fsp3) is 0.375. The highest BCUT2D eigenvalue weighted by molar-refractivity contribution is 9.10. The lowest BCUT2D eigenvalue weighted by atomic mass is 10.2. The van der Waals surface area contributed by atoms with Crippen molar-refractivity contribution in [3.63, 3.8) is 0 Å². The second-order valence-electron chi connectivity index (χ2n) is 6.24. The molecule has 0 fully saturated rings. The number of ether oxygens (including phenoxy) is 1. The molecule has 0 saturated heterocycles. The summed E-state index contributed by atoms with van der Waals surface area (Å²) >= 11 is 3.26. The zero-order valence-corrected chi connectivity index (χ0v) is 15.1. The van der Waals surface area contributed by atoms with Gasteiger partial charge in [-0.05, 0) is 54.9 Å². The van der Waals surface area contributed by atoms with Gasteiger partial charge in [0.2, 0.25) is 0 Å². The summed E-state index contributed by atoms with van der Waals surface area (Å²) < 4.78 is 20.6. The van der Waals surface area contributed by atoms with Crippen LogP contribution in [0.4, 0.5) is 9.18 Å². The van der Waals surface area contributed by atoms with Gasteiger partial charge in [0.05, 0.1) is 5.52 Å². The van der Waals surface area contributed by atoms with E-state index < -0.39 is 23.5 Å². The van der Waals surface area contributed by atoms with Gasteiger partial charge in [-0.25, -0.2) is 14.0 Å². The Morgan fingerprint density at radius 2 is 2.00 bits per heavy atom. The average molecular weight is 401 g/mol. The Balaban J connectivity index is 2.23. The van der Waals surface area contributed by atoms with E-state index in [9.17, 15) is 19.1 Å². The Morgan fingerprint density at radius 3 is 2.58 bits per heavy atom. The van der Waals surface area contributed by atoms with E-state index in [1.165, 1.54) is 22.8 Å². The van der Waals surface area contributed by atoms with Crippen LogP contribution in [-0.2, 0) is 11.3 Å². The lowest BCUT2D eigenvalue weighted by Crippen LogP contribution is -2.34. The van der Waals surface area contributed by atoms with Crippen LogP contribution in [0.3, 0.4) is 0 Å². The van der Waals surface area contributed by atoms with Crippen molar-refractivity contribution < 1.29 is 23.8 Å². The molecule has 0 spiro atoms. The lowest BCUT2D eigenvalue weighted by Gasteiger charge is -2.20. The number of alkyl carbamates (subject to hydrolysis) is 1. The molecule has 1 aromatic heterocycles. The molecule has 0 aliphatic carbocycles. The Kier molecular flexibility index (Phi) is 5.17. The van der Waals surface area contributed by atoms with Crippen LogP contribution < -0.4 is 5.32 Å². The highest BCUT2D eigenvalue weighted by atomic mass is 79.9. The maximum Gasteiger partial charge on any atom is 0.407 e. The molecule has 0 radical (unpaired) electrons. The first kappa shape index (κ1) is 18.3. The van der Waals surface area contributed by atoms with Crippen LogP contribution in [0.1, 0.15) is 31.3 Å². The number of carboxylic acid groups (broad SMARTS) is 1. The van der Waals surface area contributed by atoms with Crippen molar-refractivity contribution in [3.05, 3.63) is 34.2 Å². The van der Waals surface area contributed by atoms with Crippen molar-refractivity contribution in [2.75, 3.05) is 6.54 Å². The van der Waals surface area contributed by atoms with Gasteiger partial charge in [0.25, 0.3) is 0 Å². The summed E-state index contributed by atoms with van der Waals surface area (Å²) in [4.78, 5) is 23.1. The highest BCUT2D eigenvalue weighted by Crippen LogP contribution is 2.29. The Hall–Kier alpha value is -2.09. The fourth-order valence-corrected chi connectivity index (χ4v) is 2.98. The molecule has 2 rings (SSSR count). The summed E-state index contributed by atoms with van der Waals surface area (Å²) in [6.07, 6.45) is -0.582. The fourth-order valence-electron chi connectivity index (χ4n) is 2.32. The quantitative estimate of drug-likeness (QED) is 0.818. The van der Waals surface area contributed by atoms with Crippen molar-refractivity contribution in [1.82, 2.24) is 9.88 Å². The SMILES string of the molecule is CC(C)(C)OC(=O)NCCn1c(C(=O)O)cc2cc(F)cc(Br)c21. The maximum atomic E-state index is 13.5. The summed E-state index contributed by atoms with van der Waals surface area (Å²) in [5, 5.41) is 12.4. The number of carbonyl (C=O) groups is 2. The van der Waals surface area contributed by atoms with Crippen molar-refractivity contribution in [2.45, 2.75) is 32.9 Å². The van der Waals surface area contributed by atoms with Crippen LogP contribution in [-0.4, -0.2) is 33.9 Å². The summed E-state index contributed by atoms with van der Waals surface area (Å²) in [6.45, 7) is 5.62. The smallest absolute Gasteiger partial charge is 0.407 e. The largest absolute Gasteiger partial charge is 0.477 e. The van der Waals surface area contributed by atoms with E-state index in [1.54, 1.807) is 20.8 Å². The van der Waals surface area contributed by atoms with Gasteiger partial charge in [-0.2, -0.15) is 0 Å². The molecule has 1 amide bonds. The molecule has 0 aliphatic rings. The number of aromatic nitrogens is 1. The topological polar surface area (TPSA) is 80.6 Å². The summed E-state index contributed by atoms with van der Waals surface area (Å²) in [6, 6.07) is 3.94. The van der Waals surface area contributed by atoms with Crippen molar-refractivity contribution in [2.24, 2.45) is 0 Å². The Morgan fingerprint density at radius 1 is 1.33 bits per heavy atom. The van der Waals surface area contributed by atoms with E-state index in [4.69, 9.17) is 4.74 Å². The van der Waals surface area contributed by atoms with E-state index in [-0.39, 0.29) is 18.8 Å². The predicted molar refractivity (Wildman–Crippen MR) is 90.8 cm³/mol. The molecular weight excluding hydrogens is 383 g/mol. The highest BCUT2D eigenvalue weighted by Gasteiger charge is 2.19. The van der Waals surface area contributed by atoms with Crippen LogP contribution in [0.2, 0.25) is 0 Å². The molecule has 1 heterocycles. The van der Waals surface area contributed by atoms with Crippen molar-refractivity contribution in [1.29, 1.82) is 0 Å². The minimum Gasteiger partial charge on any atom is -0.477 e. The molecule has 130 valence electrons. The number of nitrogens with one attached hydrogen (secondary N) is 1. The number of nitrogens with zero attached hydrogens (tertiary/aromatic N) is 1. The second-order valence-corrected chi connectivity index (χ2v) is 7.09. The molecule has 2 N–H and O–H groups in total. The van der Waals surface area contributed by atoms with Crippen LogP contribution in [0, 0.1) is 5.82 Å². The molecule has 24 heavy (non-hydrogen) atoms. The zero-order chi connectivity index (χ0) is 18.1. The maximum absolute atomic E-state index is 13.5. The third-order valence-electron chi connectivity index (χ3n) is 3.13. The van der Waals surface area contributed by atoms with Gasteiger partial charge < -0.3 is 19.7 Å².